The van der Waals surface area contributed by atoms with Crippen LogP contribution in [0.1, 0.15) is 6.92 Å². The number of H-pyrrole nitrogens is 1. The number of thioether (sulfide) groups is 1. The molecule has 4 rings (SSSR count). The van der Waals surface area contributed by atoms with Gasteiger partial charge < -0.3 is 15.2 Å². The molecule has 1 atom stereocenters. The zero-order valence-corrected chi connectivity index (χ0v) is 17.5. The van der Waals surface area contributed by atoms with Gasteiger partial charge in [-0.1, -0.05) is 6.92 Å². The number of tetrazole rings is 1. The van der Waals surface area contributed by atoms with Crippen LogP contribution in [0.3, 0.4) is 0 Å². The predicted octanol–water partition coefficient (Wildman–Crippen LogP) is 3.94. The van der Waals surface area contributed by atoms with Gasteiger partial charge in [0, 0.05) is 34.2 Å². The number of aromatic nitrogens is 6. The second kappa shape index (κ2) is 9.66. The van der Waals surface area contributed by atoms with Crippen LogP contribution in [0, 0.1) is 11.6 Å². The maximum Gasteiger partial charge on any atom is 0.180 e. The Balaban J connectivity index is 1.61. The smallest absolute Gasteiger partial charge is 0.180 e. The SMILES string of the molecule is CC(CO)Sc1cnc(Nc2ccc(-c3nnn[nH]3)cn2)c(Oc2ccc(F)c(F)c2)c1. The number of aliphatic hydroxyl groups excluding tert-OH is 1. The molecule has 0 radical (unpaired) electrons. The van der Waals surface area contributed by atoms with Crippen molar-refractivity contribution in [2.45, 2.75) is 17.1 Å². The van der Waals surface area contributed by atoms with Crippen molar-refractivity contribution in [1.29, 1.82) is 0 Å². The second-order valence-corrected chi connectivity index (χ2v) is 8.13. The molecule has 12 heteroatoms. The molecule has 3 N–H and O–H groups in total. The number of aromatic amines is 1. The van der Waals surface area contributed by atoms with Crippen LogP contribution in [0.25, 0.3) is 11.4 Å². The Morgan fingerprint density at radius 3 is 2.69 bits per heavy atom. The number of nitrogens with one attached hydrogen (secondary N) is 2. The molecular weight excluding hydrogens is 440 g/mol. The molecule has 32 heavy (non-hydrogen) atoms. The van der Waals surface area contributed by atoms with Crippen LogP contribution < -0.4 is 10.1 Å². The molecule has 0 aliphatic rings. The van der Waals surface area contributed by atoms with Gasteiger partial charge in [-0.2, -0.15) is 0 Å². The molecule has 3 heterocycles. The lowest BCUT2D eigenvalue weighted by atomic mass is 10.2. The summed E-state index contributed by atoms with van der Waals surface area (Å²) in [5.41, 5.74) is 0.691. The highest BCUT2D eigenvalue weighted by atomic mass is 32.2. The molecule has 0 spiro atoms. The highest BCUT2D eigenvalue weighted by Gasteiger charge is 2.14. The molecule has 0 saturated heterocycles. The molecular formula is C20H17F2N7O2S. The molecule has 0 fully saturated rings. The van der Waals surface area contributed by atoms with E-state index in [4.69, 9.17) is 4.74 Å². The first-order valence-electron chi connectivity index (χ1n) is 9.39. The Labute approximate surface area is 185 Å². The Morgan fingerprint density at radius 2 is 2.00 bits per heavy atom. The number of nitrogens with zero attached hydrogens (tertiary/aromatic N) is 5. The van der Waals surface area contributed by atoms with E-state index in [2.05, 4.69) is 35.9 Å². The Morgan fingerprint density at radius 1 is 1.12 bits per heavy atom. The number of halogens is 2. The number of aliphatic hydroxyl groups is 1. The molecule has 164 valence electrons. The molecule has 1 aromatic carbocycles. The van der Waals surface area contributed by atoms with E-state index in [1.807, 2.05) is 6.92 Å². The van der Waals surface area contributed by atoms with Crippen LogP contribution in [-0.2, 0) is 0 Å². The average Bonchev–Trinajstić information content (AvgIpc) is 3.33. The van der Waals surface area contributed by atoms with E-state index in [9.17, 15) is 13.9 Å². The standard InChI is InChI=1S/C20H17F2N7O2S/c1-11(10-30)32-14-7-17(31-13-3-4-15(21)16(22)6-13)20(24-9-14)25-18-5-2-12(8-23-18)19-26-28-29-27-19/h2-9,11,30H,10H2,1H3,(H,23,24,25)(H,26,27,28,29). The molecule has 0 aliphatic heterocycles. The molecule has 9 nitrogen and oxygen atoms in total. The van der Waals surface area contributed by atoms with Gasteiger partial charge in [0.05, 0.1) is 6.61 Å². The molecule has 0 aliphatic carbocycles. The van der Waals surface area contributed by atoms with Gasteiger partial charge >= 0.3 is 0 Å². The number of benzene rings is 1. The van der Waals surface area contributed by atoms with Gasteiger partial charge in [0.15, 0.2) is 29.0 Å². The van der Waals surface area contributed by atoms with Crippen LogP contribution in [0.15, 0.2) is 53.7 Å². The lowest BCUT2D eigenvalue weighted by Crippen LogP contribution is -2.03. The van der Waals surface area contributed by atoms with Crippen molar-refractivity contribution in [3.8, 4) is 22.9 Å². The van der Waals surface area contributed by atoms with Crippen molar-refractivity contribution >= 4 is 23.4 Å². The maximum atomic E-state index is 13.6. The van der Waals surface area contributed by atoms with Crippen molar-refractivity contribution < 1.29 is 18.6 Å². The van der Waals surface area contributed by atoms with Crippen LogP contribution in [0.2, 0.25) is 0 Å². The topological polar surface area (TPSA) is 122 Å². The summed E-state index contributed by atoms with van der Waals surface area (Å²) in [6.07, 6.45) is 3.19. The number of pyridine rings is 2. The lowest BCUT2D eigenvalue weighted by Gasteiger charge is -2.14. The molecule has 0 bridgehead atoms. The quantitative estimate of drug-likeness (QED) is 0.338. The van der Waals surface area contributed by atoms with Crippen molar-refractivity contribution in [1.82, 2.24) is 30.6 Å². The summed E-state index contributed by atoms with van der Waals surface area (Å²) in [6.45, 7) is 1.85. The fourth-order valence-corrected chi connectivity index (χ4v) is 3.44. The summed E-state index contributed by atoms with van der Waals surface area (Å²) >= 11 is 1.40. The molecule has 0 saturated carbocycles. The minimum absolute atomic E-state index is 0.0129. The molecule has 0 amide bonds. The molecule has 1 unspecified atom stereocenters. The summed E-state index contributed by atoms with van der Waals surface area (Å²) < 4.78 is 32.7. The largest absolute Gasteiger partial charge is 0.453 e. The fourth-order valence-electron chi connectivity index (χ4n) is 2.61. The predicted molar refractivity (Wildman–Crippen MR) is 114 cm³/mol. The highest BCUT2D eigenvalue weighted by molar-refractivity contribution is 8.00. The third-order valence-corrected chi connectivity index (χ3v) is 5.22. The van der Waals surface area contributed by atoms with Crippen LogP contribution in [0.4, 0.5) is 20.4 Å². The summed E-state index contributed by atoms with van der Waals surface area (Å²) in [5, 5.41) is 25.8. The van der Waals surface area contributed by atoms with E-state index in [0.717, 1.165) is 17.0 Å². The number of anilines is 2. The van der Waals surface area contributed by atoms with Crippen LogP contribution in [-0.4, -0.2) is 47.6 Å². The Hall–Kier alpha value is -3.64. The number of rotatable bonds is 8. The van der Waals surface area contributed by atoms with Crippen molar-refractivity contribution in [2.24, 2.45) is 0 Å². The number of hydrogen-bond acceptors (Lipinski definition) is 9. The van der Waals surface area contributed by atoms with Gasteiger partial charge in [-0.25, -0.2) is 23.8 Å². The number of ether oxygens (including phenoxy) is 1. The van der Waals surface area contributed by atoms with Gasteiger partial charge in [-0.15, -0.1) is 16.9 Å². The van der Waals surface area contributed by atoms with Gasteiger partial charge in [0.25, 0.3) is 0 Å². The monoisotopic (exact) mass is 457 g/mol. The maximum absolute atomic E-state index is 13.6. The van der Waals surface area contributed by atoms with Gasteiger partial charge in [-0.05, 0) is 40.8 Å². The van der Waals surface area contributed by atoms with Crippen LogP contribution >= 0.6 is 11.8 Å². The van der Waals surface area contributed by atoms with Gasteiger partial charge in [-0.3, -0.25) is 0 Å². The summed E-state index contributed by atoms with van der Waals surface area (Å²) in [5.74, 6) is -0.359. The van der Waals surface area contributed by atoms with E-state index >= 15 is 0 Å². The van der Waals surface area contributed by atoms with Crippen molar-refractivity contribution in [3.05, 3.63) is 60.4 Å². The van der Waals surface area contributed by atoms with Gasteiger partial charge in [0.1, 0.15) is 11.6 Å². The minimum Gasteiger partial charge on any atom is -0.453 e. The zero-order chi connectivity index (χ0) is 22.5. The molecule has 4 aromatic rings. The first-order valence-corrected chi connectivity index (χ1v) is 10.3. The van der Waals surface area contributed by atoms with E-state index in [1.54, 1.807) is 30.6 Å². The van der Waals surface area contributed by atoms with Crippen molar-refractivity contribution in [3.63, 3.8) is 0 Å². The van der Waals surface area contributed by atoms with Gasteiger partial charge in [0.2, 0.25) is 0 Å². The highest BCUT2D eigenvalue weighted by Crippen LogP contribution is 2.35. The van der Waals surface area contributed by atoms with E-state index in [-0.39, 0.29) is 23.4 Å². The first-order chi connectivity index (χ1) is 15.5. The summed E-state index contributed by atoms with van der Waals surface area (Å²) in [7, 11) is 0. The normalized spacial score (nSPS) is 11.9. The fraction of sp³-hybridized carbons (Fsp3) is 0.150. The van der Waals surface area contributed by atoms with E-state index in [0.29, 0.717) is 23.0 Å². The number of hydrogen-bond donors (Lipinski definition) is 3. The Kier molecular flexibility index (Phi) is 6.52. The van der Waals surface area contributed by atoms with Crippen molar-refractivity contribution in [2.75, 3.05) is 11.9 Å². The third-order valence-electron chi connectivity index (χ3n) is 4.17. The lowest BCUT2D eigenvalue weighted by molar-refractivity contribution is 0.300. The minimum atomic E-state index is -1.02. The van der Waals surface area contributed by atoms with E-state index in [1.165, 1.54) is 17.8 Å². The van der Waals surface area contributed by atoms with Crippen LogP contribution in [0.5, 0.6) is 11.5 Å². The zero-order valence-electron chi connectivity index (χ0n) is 16.7. The summed E-state index contributed by atoms with van der Waals surface area (Å²) in [4.78, 5) is 9.43. The average molecular weight is 457 g/mol. The summed E-state index contributed by atoms with van der Waals surface area (Å²) in [6, 6.07) is 8.42. The molecule has 3 aromatic heterocycles. The second-order valence-electron chi connectivity index (χ2n) is 6.61. The third kappa shape index (κ3) is 5.15. The first kappa shape index (κ1) is 21.6. The Bertz CT molecular complexity index is 1190. The van der Waals surface area contributed by atoms with E-state index < -0.39 is 11.6 Å².